The number of carbonyl (C=O) groups is 1. The first-order chi connectivity index (χ1) is 13.4. The zero-order valence-corrected chi connectivity index (χ0v) is 16.7. The Morgan fingerprint density at radius 2 is 1.57 bits per heavy atom. The van der Waals surface area contributed by atoms with Gasteiger partial charge in [0.05, 0.1) is 10.6 Å². The molecule has 0 saturated carbocycles. The molecular formula is C21H19ClN2O3S. The molecule has 1 N–H and O–H groups in total. The Kier molecular flexibility index (Phi) is 6.02. The van der Waals surface area contributed by atoms with E-state index in [1.165, 1.54) is 12.1 Å². The van der Waals surface area contributed by atoms with E-state index in [0.29, 0.717) is 16.4 Å². The summed E-state index contributed by atoms with van der Waals surface area (Å²) >= 11 is 6.09. The molecule has 0 aromatic heterocycles. The first-order valence-corrected chi connectivity index (χ1v) is 10.4. The predicted molar refractivity (Wildman–Crippen MR) is 112 cm³/mol. The normalized spacial score (nSPS) is 11.1. The van der Waals surface area contributed by atoms with E-state index < -0.39 is 15.9 Å². The summed E-state index contributed by atoms with van der Waals surface area (Å²) < 4.78 is 27.4. The molecule has 0 aliphatic carbocycles. The summed E-state index contributed by atoms with van der Waals surface area (Å²) in [5, 5.41) is 3.23. The third-order valence-corrected chi connectivity index (χ3v) is 6.31. The van der Waals surface area contributed by atoms with Crippen molar-refractivity contribution < 1.29 is 13.2 Å². The van der Waals surface area contributed by atoms with Crippen molar-refractivity contribution in [2.75, 3.05) is 16.2 Å². The molecule has 0 heterocycles. The monoisotopic (exact) mass is 414 g/mol. The molecule has 7 heteroatoms. The zero-order valence-electron chi connectivity index (χ0n) is 15.2. The summed E-state index contributed by atoms with van der Waals surface area (Å²) in [4.78, 5) is 12.7. The van der Waals surface area contributed by atoms with Crippen molar-refractivity contribution in [1.82, 2.24) is 0 Å². The third kappa shape index (κ3) is 4.52. The highest BCUT2D eigenvalue weighted by Gasteiger charge is 2.27. The fraction of sp³-hybridized carbons (Fsp3) is 0.0952. The van der Waals surface area contributed by atoms with E-state index in [2.05, 4.69) is 5.32 Å². The number of hydrogen-bond acceptors (Lipinski definition) is 3. The molecule has 3 aromatic carbocycles. The maximum Gasteiger partial charge on any atom is 0.264 e. The Morgan fingerprint density at radius 3 is 2.18 bits per heavy atom. The molecule has 0 atom stereocenters. The van der Waals surface area contributed by atoms with Crippen LogP contribution < -0.4 is 9.62 Å². The summed E-state index contributed by atoms with van der Waals surface area (Å²) in [5.41, 5.74) is 1.80. The van der Waals surface area contributed by atoms with Crippen LogP contribution in [0.1, 0.15) is 5.56 Å². The molecule has 5 nitrogen and oxygen atoms in total. The minimum absolute atomic E-state index is 0.116. The van der Waals surface area contributed by atoms with Crippen molar-refractivity contribution in [2.24, 2.45) is 0 Å². The standard InChI is InChI=1S/C21H19ClN2O3S/c1-16-12-13-17(14-20(16)22)23-21(25)15-24(18-8-4-2-5-9-18)28(26,27)19-10-6-3-7-11-19/h2-14H,15H2,1H3,(H,23,25). The number of sulfonamides is 1. The van der Waals surface area contributed by atoms with Crippen molar-refractivity contribution in [1.29, 1.82) is 0 Å². The van der Waals surface area contributed by atoms with Gasteiger partial charge in [-0.2, -0.15) is 0 Å². The quantitative estimate of drug-likeness (QED) is 0.646. The maximum atomic E-state index is 13.1. The number of carbonyl (C=O) groups excluding carboxylic acids is 1. The van der Waals surface area contributed by atoms with Crippen molar-refractivity contribution >= 4 is 38.9 Å². The van der Waals surface area contributed by atoms with Gasteiger partial charge in [-0.15, -0.1) is 0 Å². The van der Waals surface area contributed by atoms with Crippen LogP contribution in [0.5, 0.6) is 0 Å². The number of benzene rings is 3. The van der Waals surface area contributed by atoms with Crippen molar-refractivity contribution in [2.45, 2.75) is 11.8 Å². The van der Waals surface area contributed by atoms with Gasteiger partial charge in [0.15, 0.2) is 0 Å². The summed E-state index contributed by atoms with van der Waals surface area (Å²) in [6.07, 6.45) is 0. The van der Waals surface area contributed by atoms with Crippen molar-refractivity contribution in [3.05, 3.63) is 89.4 Å². The van der Waals surface area contributed by atoms with Crippen LogP contribution in [-0.4, -0.2) is 20.9 Å². The number of para-hydroxylation sites is 1. The van der Waals surface area contributed by atoms with Crippen LogP contribution in [0.4, 0.5) is 11.4 Å². The van der Waals surface area contributed by atoms with E-state index in [0.717, 1.165) is 9.87 Å². The molecule has 3 rings (SSSR count). The van der Waals surface area contributed by atoms with Gasteiger partial charge in [0.1, 0.15) is 6.54 Å². The Morgan fingerprint density at radius 1 is 0.964 bits per heavy atom. The zero-order chi connectivity index (χ0) is 20.1. The first kappa shape index (κ1) is 19.9. The van der Waals surface area contributed by atoms with Crippen LogP contribution in [-0.2, 0) is 14.8 Å². The molecule has 0 spiro atoms. The molecule has 3 aromatic rings. The van der Waals surface area contributed by atoms with Crippen LogP contribution in [0.2, 0.25) is 5.02 Å². The van der Waals surface area contributed by atoms with Gasteiger partial charge >= 0.3 is 0 Å². The van der Waals surface area contributed by atoms with Gasteiger partial charge in [-0.25, -0.2) is 8.42 Å². The molecule has 0 bridgehead atoms. The summed E-state index contributed by atoms with van der Waals surface area (Å²) in [7, 11) is -3.91. The fourth-order valence-electron chi connectivity index (χ4n) is 2.63. The van der Waals surface area contributed by atoms with E-state index in [1.807, 2.05) is 6.92 Å². The second kappa shape index (κ2) is 8.46. The maximum absolute atomic E-state index is 13.1. The lowest BCUT2D eigenvalue weighted by Gasteiger charge is -2.24. The third-order valence-electron chi connectivity index (χ3n) is 4.12. The Hall–Kier alpha value is -2.83. The molecule has 1 amide bonds. The van der Waals surface area contributed by atoms with Gasteiger partial charge in [0.2, 0.25) is 5.91 Å². The molecule has 0 aliphatic rings. The molecule has 0 radical (unpaired) electrons. The summed E-state index contributed by atoms with van der Waals surface area (Å²) in [6, 6.07) is 21.7. The first-order valence-electron chi connectivity index (χ1n) is 8.57. The average Bonchev–Trinajstić information content (AvgIpc) is 2.70. The van der Waals surface area contributed by atoms with E-state index in [1.54, 1.807) is 66.7 Å². The van der Waals surface area contributed by atoms with Crippen LogP contribution in [0.3, 0.4) is 0 Å². The van der Waals surface area contributed by atoms with Gasteiger partial charge in [0.25, 0.3) is 10.0 Å². The SMILES string of the molecule is Cc1ccc(NC(=O)CN(c2ccccc2)S(=O)(=O)c2ccccc2)cc1Cl. The van der Waals surface area contributed by atoms with Gasteiger partial charge in [-0.1, -0.05) is 54.1 Å². The number of amides is 1. The van der Waals surface area contributed by atoms with E-state index >= 15 is 0 Å². The highest BCUT2D eigenvalue weighted by molar-refractivity contribution is 7.92. The van der Waals surface area contributed by atoms with E-state index in [-0.39, 0.29) is 11.4 Å². The smallest absolute Gasteiger partial charge is 0.264 e. The second-order valence-corrected chi connectivity index (χ2v) is 8.44. The molecule has 0 saturated heterocycles. The van der Waals surface area contributed by atoms with Gasteiger partial charge in [-0.05, 0) is 48.9 Å². The number of aryl methyl sites for hydroxylation is 1. The Labute approximate surface area is 169 Å². The number of anilines is 2. The lowest BCUT2D eigenvalue weighted by Crippen LogP contribution is -2.38. The fourth-order valence-corrected chi connectivity index (χ4v) is 4.25. The summed E-state index contributed by atoms with van der Waals surface area (Å²) in [5.74, 6) is -0.469. The average molecular weight is 415 g/mol. The van der Waals surface area contributed by atoms with Crippen LogP contribution in [0.15, 0.2) is 83.8 Å². The lowest BCUT2D eigenvalue weighted by atomic mass is 10.2. The highest BCUT2D eigenvalue weighted by atomic mass is 35.5. The van der Waals surface area contributed by atoms with Crippen molar-refractivity contribution in [3.8, 4) is 0 Å². The highest BCUT2D eigenvalue weighted by Crippen LogP contribution is 2.24. The topological polar surface area (TPSA) is 66.5 Å². The second-order valence-electron chi connectivity index (χ2n) is 6.17. The van der Waals surface area contributed by atoms with Crippen LogP contribution in [0.25, 0.3) is 0 Å². The number of nitrogens with one attached hydrogen (secondary N) is 1. The number of rotatable bonds is 6. The molecule has 144 valence electrons. The van der Waals surface area contributed by atoms with E-state index in [9.17, 15) is 13.2 Å². The largest absolute Gasteiger partial charge is 0.324 e. The number of halogens is 1. The molecule has 0 unspecified atom stereocenters. The minimum atomic E-state index is -3.91. The van der Waals surface area contributed by atoms with Gasteiger partial charge < -0.3 is 5.32 Å². The molecule has 0 fully saturated rings. The number of hydrogen-bond donors (Lipinski definition) is 1. The molecule has 0 aliphatic heterocycles. The molecule has 28 heavy (non-hydrogen) atoms. The summed E-state index contributed by atoms with van der Waals surface area (Å²) in [6.45, 7) is 1.49. The lowest BCUT2D eigenvalue weighted by molar-refractivity contribution is -0.114. The Bertz CT molecular complexity index is 1070. The minimum Gasteiger partial charge on any atom is -0.324 e. The van der Waals surface area contributed by atoms with Gasteiger partial charge in [-0.3, -0.25) is 9.10 Å². The Balaban J connectivity index is 1.90. The predicted octanol–water partition coefficient (Wildman–Crippen LogP) is 4.48. The van der Waals surface area contributed by atoms with E-state index in [4.69, 9.17) is 11.6 Å². The number of nitrogens with zero attached hydrogens (tertiary/aromatic N) is 1. The van der Waals surface area contributed by atoms with Gasteiger partial charge in [0, 0.05) is 10.7 Å². The molecular weight excluding hydrogens is 396 g/mol. The van der Waals surface area contributed by atoms with Crippen molar-refractivity contribution in [3.63, 3.8) is 0 Å². The van der Waals surface area contributed by atoms with Crippen LogP contribution >= 0.6 is 11.6 Å². The van der Waals surface area contributed by atoms with Crippen LogP contribution in [0, 0.1) is 6.92 Å².